The van der Waals surface area contributed by atoms with Gasteiger partial charge in [0.1, 0.15) is 11.8 Å². The maximum atomic E-state index is 11.9. The van der Waals surface area contributed by atoms with Crippen molar-refractivity contribution in [1.29, 1.82) is 0 Å². The van der Waals surface area contributed by atoms with Gasteiger partial charge in [0.05, 0.1) is 6.42 Å². The molecule has 1 rings (SSSR count). The fourth-order valence-corrected chi connectivity index (χ4v) is 2.88. The monoisotopic (exact) mass is 358 g/mol. The highest BCUT2D eigenvalue weighted by Gasteiger charge is 2.25. The Labute approximate surface area is 141 Å². The summed E-state index contributed by atoms with van der Waals surface area (Å²) >= 11 is 0. The van der Waals surface area contributed by atoms with Crippen LogP contribution < -0.4 is 10.2 Å². The molecule has 0 bridgehead atoms. The molecule has 0 heterocycles. The van der Waals surface area contributed by atoms with Gasteiger partial charge in [-0.05, 0) is 31.5 Å². The van der Waals surface area contributed by atoms with Crippen LogP contribution in [0.3, 0.4) is 0 Å². The molecule has 24 heavy (non-hydrogen) atoms. The number of carbonyl (C=O) groups excluding carboxylic acids is 1. The van der Waals surface area contributed by atoms with Crippen LogP contribution in [0.4, 0.5) is 5.69 Å². The molecule has 1 amide bonds. The molecule has 1 aromatic rings. The topological polar surface area (TPSA) is 124 Å². The first kappa shape index (κ1) is 19.9. The number of carboxylic acid groups (broad SMARTS) is 1. The van der Waals surface area contributed by atoms with Crippen molar-refractivity contribution in [2.24, 2.45) is 0 Å². The van der Waals surface area contributed by atoms with Gasteiger partial charge in [-0.15, -0.1) is 0 Å². The van der Waals surface area contributed by atoms with Gasteiger partial charge in [0.15, 0.2) is 0 Å². The van der Waals surface area contributed by atoms with Crippen LogP contribution in [0.15, 0.2) is 24.3 Å². The maximum absolute atomic E-state index is 11.9. The zero-order valence-electron chi connectivity index (χ0n) is 13.6. The molecule has 134 valence electrons. The summed E-state index contributed by atoms with van der Waals surface area (Å²) in [5.74, 6) is -3.24. The minimum atomic E-state index is -4.51. The van der Waals surface area contributed by atoms with Gasteiger partial charge >= 0.3 is 5.97 Å². The van der Waals surface area contributed by atoms with E-state index in [9.17, 15) is 18.0 Å². The smallest absolute Gasteiger partial charge is 0.327 e. The average Bonchev–Trinajstić information content (AvgIpc) is 2.48. The van der Waals surface area contributed by atoms with E-state index >= 15 is 0 Å². The van der Waals surface area contributed by atoms with Crippen LogP contribution in [0.1, 0.15) is 19.4 Å². The van der Waals surface area contributed by atoms with Crippen molar-refractivity contribution in [3.8, 4) is 0 Å². The lowest BCUT2D eigenvalue weighted by Gasteiger charge is -2.21. The number of hydrogen-bond acceptors (Lipinski definition) is 5. The summed E-state index contributed by atoms with van der Waals surface area (Å²) in [6.45, 7) is 5.77. The van der Waals surface area contributed by atoms with E-state index in [1.165, 1.54) is 0 Å². The van der Waals surface area contributed by atoms with E-state index < -0.39 is 33.8 Å². The first-order valence-corrected chi connectivity index (χ1v) is 9.08. The Balaban J connectivity index is 2.71. The molecule has 1 aromatic carbocycles. The normalized spacial score (nSPS) is 12.5. The van der Waals surface area contributed by atoms with Crippen LogP contribution in [0, 0.1) is 0 Å². The highest BCUT2D eigenvalue weighted by Crippen LogP contribution is 2.15. The van der Waals surface area contributed by atoms with Crippen molar-refractivity contribution < 1.29 is 27.7 Å². The zero-order chi connectivity index (χ0) is 18.3. The number of nitrogens with one attached hydrogen (secondary N) is 1. The maximum Gasteiger partial charge on any atom is 0.327 e. The molecule has 0 spiro atoms. The molecule has 0 aliphatic carbocycles. The number of amides is 1. The minimum absolute atomic E-state index is 0.0895. The molecule has 0 aliphatic heterocycles. The molecular weight excluding hydrogens is 336 g/mol. The molecule has 9 heteroatoms. The number of carboxylic acids is 1. The number of rotatable bonds is 9. The third-order valence-corrected chi connectivity index (χ3v) is 4.19. The van der Waals surface area contributed by atoms with Gasteiger partial charge in [-0.3, -0.25) is 9.35 Å². The van der Waals surface area contributed by atoms with E-state index in [1.54, 1.807) is 12.1 Å². The van der Waals surface area contributed by atoms with Gasteiger partial charge in [-0.25, -0.2) is 4.79 Å². The molecule has 0 aromatic heterocycles. The van der Waals surface area contributed by atoms with E-state index in [0.29, 0.717) is 5.56 Å². The number of benzene rings is 1. The van der Waals surface area contributed by atoms with E-state index in [0.717, 1.165) is 18.8 Å². The van der Waals surface area contributed by atoms with Crippen molar-refractivity contribution in [1.82, 2.24) is 5.32 Å². The first-order valence-electron chi connectivity index (χ1n) is 7.47. The third-order valence-electron chi connectivity index (χ3n) is 3.44. The van der Waals surface area contributed by atoms with Crippen molar-refractivity contribution in [2.45, 2.75) is 26.3 Å². The number of nitrogens with zero attached hydrogens (tertiary/aromatic N) is 1. The first-order chi connectivity index (χ1) is 11.2. The predicted molar refractivity (Wildman–Crippen MR) is 89.7 cm³/mol. The number of carbonyl (C=O) groups is 2. The van der Waals surface area contributed by atoms with Crippen LogP contribution in [-0.2, 0) is 26.1 Å². The second kappa shape index (κ2) is 8.65. The summed E-state index contributed by atoms with van der Waals surface area (Å²) in [4.78, 5) is 25.0. The Morgan fingerprint density at radius 1 is 1.17 bits per heavy atom. The van der Waals surface area contributed by atoms with Crippen LogP contribution in [0.5, 0.6) is 0 Å². The van der Waals surface area contributed by atoms with Crippen molar-refractivity contribution in [2.75, 3.05) is 23.7 Å². The van der Waals surface area contributed by atoms with E-state index in [2.05, 4.69) is 10.2 Å². The van der Waals surface area contributed by atoms with Gasteiger partial charge in [0.25, 0.3) is 10.1 Å². The molecule has 0 saturated carbocycles. The Kier molecular flexibility index (Phi) is 7.18. The third kappa shape index (κ3) is 6.55. The number of aliphatic carboxylic acids is 1. The van der Waals surface area contributed by atoms with Crippen molar-refractivity contribution in [3.05, 3.63) is 29.8 Å². The quantitative estimate of drug-likeness (QED) is 0.550. The molecule has 0 radical (unpaired) electrons. The van der Waals surface area contributed by atoms with Gasteiger partial charge in [-0.2, -0.15) is 8.42 Å². The molecule has 0 fully saturated rings. The van der Waals surface area contributed by atoms with Crippen LogP contribution >= 0.6 is 0 Å². The lowest BCUT2D eigenvalue weighted by atomic mass is 10.1. The highest BCUT2D eigenvalue weighted by atomic mass is 32.2. The van der Waals surface area contributed by atoms with Crippen LogP contribution in [0.25, 0.3) is 0 Å². The second-order valence-corrected chi connectivity index (χ2v) is 6.72. The van der Waals surface area contributed by atoms with Gasteiger partial charge in [0.2, 0.25) is 5.91 Å². The molecular formula is C15H22N2O6S. The summed E-state index contributed by atoms with van der Waals surface area (Å²) in [7, 11) is -4.51. The molecule has 1 unspecified atom stereocenters. The summed E-state index contributed by atoms with van der Waals surface area (Å²) in [6.07, 6.45) is -0.0895. The Hall–Kier alpha value is -2.13. The lowest BCUT2D eigenvalue weighted by molar-refractivity contribution is -0.141. The summed E-state index contributed by atoms with van der Waals surface area (Å²) < 4.78 is 30.3. The molecule has 0 aliphatic rings. The fraction of sp³-hybridized carbons (Fsp3) is 0.467. The lowest BCUT2D eigenvalue weighted by Crippen LogP contribution is -2.45. The largest absolute Gasteiger partial charge is 0.480 e. The van der Waals surface area contributed by atoms with Gasteiger partial charge < -0.3 is 15.3 Å². The van der Waals surface area contributed by atoms with Crippen molar-refractivity contribution in [3.63, 3.8) is 0 Å². The van der Waals surface area contributed by atoms with E-state index in [4.69, 9.17) is 9.66 Å². The Morgan fingerprint density at radius 3 is 2.12 bits per heavy atom. The average molecular weight is 358 g/mol. The molecule has 1 atom stereocenters. The van der Waals surface area contributed by atoms with Gasteiger partial charge in [0, 0.05) is 18.8 Å². The SMILES string of the molecule is CCN(CC)c1ccc(CC(=O)NC(CS(=O)(=O)O)C(=O)O)cc1. The van der Waals surface area contributed by atoms with E-state index in [1.807, 2.05) is 26.0 Å². The van der Waals surface area contributed by atoms with Gasteiger partial charge in [-0.1, -0.05) is 12.1 Å². The zero-order valence-corrected chi connectivity index (χ0v) is 14.4. The summed E-state index contributed by atoms with van der Waals surface area (Å²) in [5, 5.41) is 11.0. The minimum Gasteiger partial charge on any atom is -0.480 e. The summed E-state index contributed by atoms with van der Waals surface area (Å²) in [5.41, 5.74) is 1.68. The second-order valence-electron chi connectivity index (χ2n) is 5.22. The van der Waals surface area contributed by atoms with E-state index in [-0.39, 0.29) is 6.42 Å². The fourth-order valence-electron chi connectivity index (χ4n) is 2.23. The summed E-state index contributed by atoms with van der Waals surface area (Å²) in [6, 6.07) is 5.55. The molecule has 8 nitrogen and oxygen atoms in total. The Bertz CT molecular complexity index is 668. The standard InChI is InChI=1S/C15H22N2O6S/c1-3-17(4-2)12-7-5-11(6-8-12)9-14(18)16-13(15(19)20)10-24(21,22)23/h5-8,13H,3-4,9-10H2,1-2H3,(H,16,18)(H,19,20)(H,21,22,23). The Morgan fingerprint density at radius 2 is 1.71 bits per heavy atom. The van der Waals surface area contributed by atoms with Crippen LogP contribution in [-0.4, -0.2) is 54.8 Å². The molecule has 3 N–H and O–H groups in total. The van der Waals surface area contributed by atoms with Crippen molar-refractivity contribution >= 4 is 27.7 Å². The highest BCUT2D eigenvalue weighted by molar-refractivity contribution is 7.85. The molecule has 0 saturated heterocycles. The van der Waals surface area contributed by atoms with Crippen LogP contribution in [0.2, 0.25) is 0 Å². The predicted octanol–water partition coefficient (Wildman–Crippen LogP) is 0.533. The number of hydrogen-bond donors (Lipinski definition) is 3. The number of anilines is 1.